The number of carbonyl (C=O) groups excluding carboxylic acids is 1. The second-order valence-corrected chi connectivity index (χ2v) is 4.02. The van der Waals surface area contributed by atoms with Crippen molar-refractivity contribution in [1.29, 1.82) is 0 Å². The van der Waals surface area contributed by atoms with Crippen LogP contribution in [0.4, 0.5) is 5.82 Å². The summed E-state index contributed by atoms with van der Waals surface area (Å²) in [5.41, 5.74) is 7.09. The van der Waals surface area contributed by atoms with Crippen molar-refractivity contribution in [2.75, 3.05) is 12.8 Å². The molecular weight excluding hydrogens is 206 g/mol. The van der Waals surface area contributed by atoms with Gasteiger partial charge in [-0.25, -0.2) is 9.48 Å². The van der Waals surface area contributed by atoms with Crippen LogP contribution in [0.5, 0.6) is 0 Å². The Kier molecular flexibility index (Phi) is 3.93. The molecule has 5 heteroatoms. The molecule has 1 heterocycles. The molecule has 5 nitrogen and oxygen atoms in total. The van der Waals surface area contributed by atoms with Crippen LogP contribution in [-0.2, 0) is 11.3 Å². The number of ether oxygens (including phenoxy) is 1. The van der Waals surface area contributed by atoms with Crippen molar-refractivity contribution in [3.05, 3.63) is 11.3 Å². The normalized spacial score (nSPS) is 10.8. The van der Waals surface area contributed by atoms with E-state index in [1.807, 2.05) is 20.8 Å². The Morgan fingerprint density at radius 1 is 1.56 bits per heavy atom. The molecule has 0 radical (unpaired) electrons. The lowest BCUT2D eigenvalue weighted by atomic mass is 10.0. The van der Waals surface area contributed by atoms with Crippen molar-refractivity contribution in [3.8, 4) is 0 Å². The second-order valence-electron chi connectivity index (χ2n) is 4.02. The van der Waals surface area contributed by atoms with E-state index >= 15 is 0 Å². The molecule has 0 aliphatic rings. The first-order chi connectivity index (χ1) is 7.52. The molecule has 1 rings (SSSR count). The largest absolute Gasteiger partial charge is 0.464 e. The molecule has 0 fully saturated rings. The van der Waals surface area contributed by atoms with Crippen molar-refractivity contribution < 1.29 is 9.53 Å². The summed E-state index contributed by atoms with van der Waals surface area (Å²) in [6.07, 6.45) is 0.921. The lowest BCUT2D eigenvalue weighted by molar-refractivity contribution is 0.0591. The highest BCUT2D eigenvalue weighted by Crippen LogP contribution is 2.26. The SMILES string of the molecule is CCCn1nc(C(=O)OC)c(C(C)C)c1N. The summed E-state index contributed by atoms with van der Waals surface area (Å²) in [4.78, 5) is 11.6. The Bertz CT molecular complexity index is 383. The highest BCUT2D eigenvalue weighted by atomic mass is 16.5. The van der Waals surface area contributed by atoms with Gasteiger partial charge in [-0.1, -0.05) is 20.8 Å². The van der Waals surface area contributed by atoms with E-state index in [1.54, 1.807) is 4.68 Å². The number of nitrogens with two attached hydrogens (primary N) is 1. The summed E-state index contributed by atoms with van der Waals surface area (Å²) < 4.78 is 6.37. The zero-order valence-corrected chi connectivity index (χ0v) is 10.3. The Morgan fingerprint density at radius 3 is 2.62 bits per heavy atom. The molecule has 0 unspecified atom stereocenters. The molecule has 0 aromatic carbocycles. The monoisotopic (exact) mass is 225 g/mol. The van der Waals surface area contributed by atoms with Gasteiger partial charge in [0.15, 0.2) is 5.69 Å². The van der Waals surface area contributed by atoms with Gasteiger partial charge in [0.25, 0.3) is 0 Å². The zero-order chi connectivity index (χ0) is 12.3. The van der Waals surface area contributed by atoms with Crippen molar-refractivity contribution >= 4 is 11.8 Å². The molecule has 90 valence electrons. The molecule has 0 aliphatic carbocycles. The van der Waals surface area contributed by atoms with Gasteiger partial charge in [-0.05, 0) is 12.3 Å². The Balaban J connectivity index is 3.25. The average molecular weight is 225 g/mol. The van der Waals surface area contributed by atoms with E-state index in [1.165, 1.54) is 7.11 Å². The third kappa shape index (κ3) is 2.18. The second kappa shape index (κ2) is 5.01. The van der Waals surface area contributed by atoms with Crippen LogP contribution in [-0.4, -0.2) is 22.9 Å². The first-order valence-corrected chi connectivity index (χ1v) is 5.47. The fourth-order valence-corrected chi connectivity index (χ4v) is 1.69. The quantitative estimate of drug-likeness (QED) is 0.793. The molecule has 1 aromatic rings. The summed E-state index contributed by atoms with van der Waals surface area (Å²) in [7, 11) is 1.35. The topological polar surface area (TPSA) is 70.1 Å². The molecule has 2 N–H and O–H groups in total. The summed E-state index contributed by atoms with van der Waals surface area (Å²) in [6.45, 7) is 6.71. The van der Waals surface area contributed by atoms with Crippen LogP contribution in [0.2, 0.25) is 0 Å². The van der Waals surface area contributed by atoms with Gasteiger partial charge in [-0.2, -0.15) is 5.10 Å². The summed E-state index contributed by atoms with van der Waals surface area (Å²) in [5, 5.41) is 4.21. The molecule has 0 bridgehead atoms. The van der Waals surface area contributed by atoms with E-state index in [-0.39, 0.29) is 5.92 Å². The Labute approximate surface area is 95.6 Å². The lowest BCUT2D eigenvalue weighted by Crippen LogP contribution is -2.07. The Hall–Kier alpha value is -1.52. The number of hydrogen-bond donors (Lipinski definition) is 1. The smallest absolute Gasteiger partial charge is 0.358 e. The van der Waals surface area contributed by atoms with Gasteiger partial charge in [0.05, 0.1) is 7.11 Å². The number of methoxy groups -OCH3 is 1. The van der Waals surface area contributed by atoms with Crippen molar-refractivity contribution in [3.63, 3.8) is 0 Å². The van der Waals surface area contributed by atoms with Crippen molar-refractivity contribution in [2.45, 2.75) is 39.7 Å². The first-order valence-electron chi connectivity index (χ1n) is 5.47. The number of aromatic nitrogens is 2. The van der Waals surface area contributed by atoms with Crippen LogP contribution in [0.25, 0.3) is 0 Å². The fourth-order valence-electron chi connectivity index (χ4n) is 1.69. The maximum absolute atomic E-state index is 11.6. The summed E-state index contributed by atoms with van der Waals surface area (Å²) >= 11 is 0. The van der Waals surface area contributed by atoms with E-state index in [0.717, 1.165) is 12.0 Å². The van der Waals surface area contributed by atoms with E-state index in [2.05, 4.69) is 5.10 Å². The molecule has 0 spiro atoms. The molecular formula is C11H19N3O2. The maximum atomic E-state index is 11.6. The van der Waals surface area contributed by atoms with Crippen molar-refractivity contribution in [2.24, 2.45) is 0 Å². The predicted molar refractivity (Wildman–Crippen MR) is 62.4 cm³/mol. The third-order valence-electron chi connectivity index (χ3n) is 2.42. The number of esters is 1. The van der Waals surface area contributed by atoms with Gasteiger partial charge in [0, 0.05) is 12.1 Å². The first kappa shape index (κ1) is 12.5. The van der Waals surface area contributed by atoms with Gasteiger partial charge in [0.1, 0.15) is 5.82 Å². The summed E-state index contributed by atoms with van der Waals surface area (Å²) in [6, 6.07) is 0. The standard InChI is InChI=1S/C11H19N3O2/c1-5-6-14-10(12)8(7(2)3)9(13-14)11(15)16-4/h7H,5-6,12H2,1-4H3. The fraction of sp³-hybridized carbons (Fsp3) is 0.636. The van der Waals surface area contributed by atoms with Crippen molar-refractivity contribution in [1.82, 2.24) is 9.78 Å². The van der Waals surface area contributed by atoms with Crippen LogP contribution < -0.4 is 5.73 Å². The number of rotatable bonds is 4. The Morgan fingerprint density at radius 2 is 2.19 bits per heavy atom. The van der Waals surface area contributed by atoms with Gasteiger partial charge < -0.3 is 10.5 Å². The van der Waals surface area contributed by atoms with Crippen LogP contribution in [0.15, 0.2) is 0 Å². The summed E-state index contributed by atoms with van der Waals surface area (Å²) in [5.74, 6) is 0.294. The van der Waals surface area contributed by atoms with E-state index in [9.17, 15) is 4.79 Å². The van der Waals surface area contributed by atoms with E-state index in [0.29, 0.717) is 18.1 Å². The number of nitrogen functional groups attached to an aromatic ring is 1. The number of nitrogens with zero attached hydrogens (tertiary/aromatic N) is 2. The van der Waals surface area contributed by atoms with Crippen LogP contribution >= 0.6 is 0 Å². The van der Waals surface area contributed by atoms with Crippen LogP contribution in [0, 0.1) is 0 Å². The number of hydrogen-bond acceptors (Lipinski definition) is 4. The lowest BCUT2D eigenvalue weighted by Gasteiger charge is -2.06. The van der Waals surface area contributed by atoms with Crippen LogP contribution in [0.3, 0.4) is 0 Å². The van der Waals surface area contributed by atoms with Crippen LogP contribution in [0.1, 0.15) is 49.2 Å². The minimum absolute atomic E-state index is 0.153. The highest BCUT2D eigenvalue weighted by Gasteiger charge is 2.23. The zero-order valence-electron chi connectivity index (χ0n) is 10.3. The van der Waals surface area contributed by atoms with Gasteiger partial charge >= 0.3 is 5.97 Å². The average Bonchev–Trinajstić information content (AvgIpc) is 2.56. The van der Waals surface area contributed by atoms with Gasteiger partial charge in [0.2, 0.25) is 0 Å². The minimum Gasteiger partial charge on any atom is -0.464 e. The number of anilines is 1. The molecule has 0 amide bonds. The third-order valence-corrected chi connectivity index (χ3v) is 2.42. The van der Waals surface area contributed by atoms with Gasteiger partial charge in [-0.3, -0.25) is 0 Å². The molecule has 1 aromatic heterocycles. The molecule has 0 saturated heterocycles. The highest BCUT2D eigenvalue weighted by molar-refractivity contribution is 5.90. The van der Waals surface area contributed by atoms with Gasteiger partial charge in [-0.15, -0.1) is 0 Å². The molecule has 16 heavy (non-hydrogen) atoms. The number of carbonyl (C=O) groups is 1. The molecule has 0 saturated carbocycles. The number of aryl methyl sites for hydroxylation is 1. The minimum atomic E-state index is -0.426. The predicted octanol–water partition coefficient (Wildman–Crippen LogP) is 1.79. The maximum Gasteiger partial charge on any atom is 0.358 e. The van der Waals surface area contributed by atoms with E-state index < -0.39 is 5.97 Å². The molecule has 0 aliphatic heterocycles. The van der Waals surface area contributed by atoms with E-state index in [4.69, 9.17) is 10.5 Å². The molecule has 0 atom stereocenters.